The summed E-state index contributed by atoms with van der Waals surface area (Å²) in [5.41, 5.74) is 0.398. The fourth-order valence-electron chi connectivity index (χ4n) is 1.74. The molecule has 0 fully saturated rings. The van der Waals surface area contributed by atoms with E-state index in [-0.39, 0.29) is 11.6 Å². The quantitative estimate of drug-likeness (QED) is 0.593. The second-order valence-electron chi connectivity index (χ2n) is 4.04. The molecule has 0 radical (unpaired) electrons. The molecule has 0 unspecified atom stereocenters. The molecule has 2 aromatic carbocycles. The molecule has 8 heteroatoms. The van der Waals surface area contributed by atoms with E-state index in [0.717, 1.165) is 6.07 Å². The minimum absolute atomic E-state index is 0.214. The Kier molecular flexibility index (Phi) is 3.85. The van der Waals surface area contributed by atoms with Gasteiger partial charge in [-0.2, -0.15) is 8.42 Å². The number of halogens is 1. The lowest BCUT2D eigenvalue weighted by Crippen LogP contribution is -2.12. The number of phenols is 1. The van der Waals surface area contributed by atoms with Crippen LogP contribution in [0.3, 0.4) is 0 Å². The van der Waals surface area contributed by atoms with Gasteiger partial charge in [0.2, 0.25) is 5.91 Å². The Morgan fingerprint density at radius 1 is 1.25 bits per heavy atom. The van der Waals surface area contributed by atoms with Crippen LogP contribution in [0.15, 0.2) is 35.2 Å². The van der Waals surface area contributed by atoms with Crippen LogP contribution in [0, 0.1) is 0 Å². The molecule has 0 aromatic heterocycles. The molecular weight excluding hydrogens is 306 g/mol. The SMILES string of the molecule is O=C(CCl)Nc1ccc2c(O)cc(S(=O)(=O)O)cc2c1. The average molecular weight is 316 g/mol. The number of carbonyl (C=O) groups excluding carboxylic acids is 1. The van der Waals surface area contributed by atoms with Gasteiger partial charge in [-0.25, -0.2) is 0 Å². The first-order valence-corrected chi connectivity index (χ1v) is 7.39. The Hall–Kier alpha value is -1.83. The molecule has 0 aliphatic rings. The summed E-state index contributed by atoms with van der Waals surface area (Å²) in [6, 6.07) is 6.67. The van der Waals surface area contributed by atoms with Crippen molar-refractivity contribution in [1.29, 1.82) is 0 Å². The first-order valence-electron chi connectivity index (χ1n) is 5.41. The zero-order valence-corrected chi connectivity index (χ0v) is 11.6. The summed E-state index contributed by atoms with van der Waals surface area (Å²) in [5.74, 6) is -0.916. The van der Waals surface area contributed by atoms with E-state index >= 15 is 0 Å². The van der Waals surface area contributed by atoms with E-state index in [1.807, 2.05) is 0 Å². The van der Waals surface area contributed by atoms with Crippen LogP contribution in [0.4, 0.5) is 5.69 Å². The number of phenolic OH excluding ortho intramolecular Hbond substituents is 1. The van der Waals surface area contributed by atoms with Gasteiger partial charge in [-0.15, -0.1) is 11.6 Å². The van der Waals surface area contributed by atoms with Crippen molar-refractivity contribution in [2.75, 3.05) is 11.2 Å². The number of amides is 1. The number of nitrogens with one attached hydrogen (secondary N) is 1. The van der Waals surface area contributed by atoms with E-state index in [0.29, 0.717) is 16.5 Å². The van der Waals surface area contributed by atoms with Crippen LogP contribution >= 0.6 is 11.6 Å². The van der Waals surface area contributed by atoms with Gasteiger partial charge in [-0.3, -0.25) is 9.35 Å². The smallest absolute Gasteiger partial charge is 0.294 e. The summed E-state index contributed by atoms with van der Waals surface area (Å²) < 4.78 is 31.2. The van der Waals surface area contributed by atoms with Crippen molar-refractivity contribution in [2.24, 2.45) is 0 Å². The topological polar surface area (TPSA) is 104 Å². The Bertz CT molecular complexity index is 788. The van der Waals surface area contributed by atoms with Gasteiger partial charge in [-0.1, -0.05) is 0 Å². The van der Waals surface area contributed by atoms with Crippen molar-refractivity contribution in [3.63, 3.8) is 0 Å². The molecule has 0 aliphatic carbocycles. The van der Waals surface area contributed by atoms with Crippen LogP contribution in [0.5, 0.6) is 5.75 Å². The highest BCUT2D eigenvalue weighted by Crippen LogP contribution is 2.30. The molecule has 0 aliphatic heterocycles. The molecule has 20 heavy (non-hydrogen) atoms. The standard InChI is InChI=1S/C12H10ClNO5S/c13-6-12(16)14-8-1-2-10-7(3-8)4-9(5-11(10)15)20(17,18)19/h1-5,15H,6H2,(H,14,16)(H,17,18,19). The number of aromatic hydroxyl groups is 1. The van der Waals surface area contributed by atoms with Crippen molar-refractivity contribution in [3.05, 3.63) is 30.3 Å². The van der Waals surface area contributed by atoms with Crippen LogP contribution in [-0.4, -0.2) is 29.9 Å². The second-order valence-corrected chi connectivity index (χ2v) is 5.72. The Morgan fingerprint density at radius 2 is 1.95 bits per heavy atom. The fourth-order valence-corrected chi connectivity index (χ4v) is 2.35. The second kappa shape index (κ2) is 5.28. The normalized spacial score (nSPS) is 11.5. The minimum Gasteiger partial charge on any atom is -0.507 e. The summed E-state index contributed by atoms with van der Waals surface area (Å²) in [5, 5.41) is 13.0. The van der Waals surface area contributed by atoms with Crippen LogP contribution in [-0.2, 0) is 14.9 Å². The number of benzene rings is 2. The van der Waals surface area contributed by atoms with E-state index in [4.69, 9.17) is 16.2 Å². The van der Waals surface area contributed by atoms with E-state index in [2.05, 4.69) is 5.32 Å². The third kappa shape index (κ3) is 3.01. The number of alkyl halides is 1. The monoisotopic (exact) mass is 315 g/mol. The lowest BCUT2D eigenvalue weighted by Gasteiger charge is -2.07. The maximum absolute atomic E-state index is 11.2. The van der Waals surface area contributed by atoms with Crippen LogP contribution in [0.2, 0.25) is 0 Å². The molecular formula is C12H10ClNO5S. The van der Waals surface area contributed by atoms with E-state index < -0.39 is 20.9 Å². The predicted molar refractivity (Wildman–Crippen MR) is 74.8 cm³/mol. The number of fused-ring (bicyclic) bond motifs is 1. The number of anilines is 1. The zero-order chi connectivity index (χ0) is 14.9. The van der Waals surface area contributed by atoms with Gasteiger partial charge in [-0.05, 0) is 29.7 Å². The number of rotatable bonds is 3. The minimum atomic E-state index is -4.43. The summed E-state index contributed by atoms with van der Waals surface area (Å²) in [7, 11) is -4.43. The third-order valence-electron chi connectivity index (χ3n) is 2.61. The van der Waals surface area contributed by atoms with Crippen molar-refractivity contribution in [1.82, 2.24) is 0 Å². The van der Waals surface area contributed by atoms with E-state index in [1.54, 1.807) is 6.07 Å². The van der Waals surface area contributed by atoms with Crippen molar-refractivity contribution in [3.8, 4) is 5.75 Å². The summed E-state index contributed by atoms with van der Waals surface area (Å²) in [6.45, 7) is 0. The van der Waals surface area contributed by atoms with Gasteiger partial charge in [0.25, 0.3) is 10.1 Å². The van der Waals surface area contributed by atoms with Gasteiger partial charge in [0, 0.05) is 17.1 Å². The molecule has 0 bridgehead atoms. The highest BCUT2D eigenvalue weighted by atomic mass is 35.5. The van der Waals surface area contributed by atoms with Gasteiger partial charge in [0.1, 0.15) is 11.6 Å². The molecule has 6 nitrogen and oxygen atoms in total. The fraction of sp³-hybridized carbons (Fsp3) is 0.0833. The highest BCUT2D eigenvalue weighted by Gasteiger charge is 2.13. The predicted octanol–water partition coefficient (Wildman–Crippen LogP) is 1.97. The summed E-state index contributed by atoms with van der Waals surface area (Å²) >= 11 is 5.37. The largest absolute Gasteiger partial charge is 0.507 e. The zero-order valence-electron chi connectivity index (χ0n) is 10.00. The van der Waals surface area contributed by atoms with Crippen molar-refractivity contribution < 1.29 is 22.9 Å². The summed E-state index contributed by atoms with van der Waals surface area (Å²) in [6.07, 6.45) is 0. The van der Waals surface area contributed by atoms with Gasteiger partial charge in [0.05, 0.1) is 4.90 Å². The molecule has 2 aromatic rings. The Labute approximate surface area is 119 Å². The first kappa shape index (κ1) is 14.6. The van der Waals surface area contributed by atoms with E-state index in [1.165, 1.54) is 18.2 Å². The van der Waals surface area contributed by atoms with Gasteiger partial charge < -0.3 is 10.4 Å². The molecule has 1 amide bonds. The molecule has 0 spiro atoms. The molecule has 0 saturated heterocycles. The molecule has 3 N–H and O–H groups in total. The maximum atomic E-state index is 11.2. The molecule has 0 heterocycles. The van der Waals surface area contributed by atoms with Gasteiger partial charge in [0.15, 0.2) is 0 Å². The number of hydrogen-bond donors (Lipinski definition) is 3. The lowest BCUT2D eigenvalue weighted by molar-refractivity contribution is -0.113. The van der Waals surface area contributed by atoms with Crippen LogP contribution in [0.1, 0.15) is 0 Å². The molecule has 0 saturated carbocycles. The Morgan fingerprint density at radius 3 is 2.55 bits per heavy atom. The van der Waals surface area contributed by atoms with Gasteiger partial charge >= 0.3 is 0 Å². The first-order chi connectivity index (χ1) is 9.31. The number of carbonyl (C=O) groups is 1. The molecule has 0 atom stereocenters. The van der Waals surface area contributed by atoms with E-state index in [9.17, 15) is 18.3 Å². The molecule has 106 valence electrons. The average Bonchev–Trinajstić information content (AvgIpc) is 2.37. The van der Waals surface area contributed by atoms with Crippen LogP contribution in [0.25, 0.3) is 10.8 Å². The van der Waals surface area contributed by atoms with Crippen molar-refractivity contribution in [2.45, 2.75) is 4.90 Å². The Balaban J connectivity index is 2.58. The highest BCUT2D eigenvalue weighted by molar-refractivity contribution is 7.85. The lowest BCUT2D eigenvalue weighted by atomic mass is 10.1. The summed E-state index contributed by atoms with van der Waals surface area (Å²) in [4.78, 5) is 10.8. The van der Waals surface area contributed by atoms with Crippen LogP contribution < -0.4 is 5.32 Å². The number of hydrogen-bond acceptors (Lipinski definition) is 4. The maximum Gasteiger partial charge on any atom is 0.294 e. The van der Waals surface area contributed by atoms with Crippen molar-refractivity contribution >= 4 is 44.1 Å². The third-order valence-corrected chi connectivity index (χ3v) is 3.68. The molecule has 2 rings (SSSR count).